The fraction of sp³-hybridized carbons (Fsp3) is 0.294. The number of sulfonamides is 1. The van der Waals surface area contributed by atoms with Crippen LogP contribution in [0.4, 0.5) is 5.69 Å². The molecule has 1 N–H and O–H groups in total. The maximum atomic E-state index is 12.6. The summed E-state index contributed by atoms with van der Waals surface area (Å²) in [7, 11) is -3.53. The molecule has 0 saturated carbocycles. The van der Waals surface area contributed by atoms with Gasteiger partial charge in [-0.3, -0.25) is 4.72 Å². The molecule has 0 heterocycles. The zero-order valence-electron chi connectivity index (χ0n) is 12.3. The van der Waals surface area contributed by atoms with Crippen molar-refractivity contribution in [1.82, 2.24) is 0 Å². The molecule has 0 saturated heterocycles. The molecule has 4 heteroatoms. The Kier molecular flexibility index (Phi) is 3.49. The van der Waals surface area contributed by atoms with Gasteiger partial charge in [-0.15, -0.1) is 0 Å². The van der Waals surface area contributed by atoms with Crippen LogP contribution in [0.3, 0.4) is 0 Å². The Balaban J connectivity index is 1.98. The van der Waals surface area contributed by atoms with Gasteiger partial charge in [-0.2, -0.15) is 0 Å². The van der Waals surface area contributed by atoms with Crippen LogP contribution in [0.15, 0.2) is 41.3 Å². The van der Waals surface area contributed by atoms with Gasteiger partial charge in [0.1, 0.15) is 0 Å². The van der Waals surface area contributed by atoms with Gasteiger partial charge in [-0.25, -0.2) is 8.42 Å². The second-order valence-corrected chi connectivity index (χ2v) is 7.34. The summed E-state index contributed by atoms with van der Waals surface area (Å²) >= 11 is 0. The minimum atomic E-state index is -3.53. The lowest BCUT2D eigenvalue weighted by atomic mass is 10.1. The van der Waals surface area contributed by atoms with Crippen LogP contribution in [0, 0.1) is 13.8 Å². The van der Waals surface area contributed by atoms with E-state index >= 15 is 0 Å². The second kappa shape index (κ2) is 5.19. The molecule has 21 heavy (non-hydrogen) atoms. The second-order valence-electron chi connectivity index (χ2n) is 5.66. The zero-order chi connectivity index (χ0) is 15.0. The third kappa shape index (κ3) is 2.68. The van der Waals surface area contributed by atoms with Crippen LogP contribution in [0.5, 0.6) is 0 Å². The molecule has 0 bridgehead atoms. The smallest absolute Gasteiger partial charge is 0.261 e. The topological polar surface area (TPSA) is 46.2 Å². The van der Waals surface area contributed by atoms with Crippen molar-refractivity contribution in [2.24, 2.45) is 0 Å². The van der Waals surface area contributed by atoms with Crippen molar-refractivity contribution >= 4 is 15.7 Å². The van der Waals surface area contributed by atoms with E-state index in [1.807, 2.05) is 44.2 Å². The van der Waals surface area contributed by atoms with Gasteiger partial charge in [0.05, 0.1) is 10.6 Å². The van der Waals surface area contributed by atoms with Crippen LogP contribution in [0.1, 0.15) is 28.7 Å². The SMILES string of the molecule is Cc1cccc(C)c1NS(=O)(=O)c1ccc2c(c1)CCC2. The van der Waals surface area contributed by atoms with Crippen molar-refractivity contribution in [3.63, 3.8) is 0 Å². The van der Waals surface area contributed by atoms with E-state index in [1.165, 1.54) is 11.1 Å². The fourth-order valence-corrected chi connectivity index (χ4v) is 4.14. The van der Waals surface area contributed by atoms with Gasteiger partial charge in [0, 0.05) is 0 Å². The lowest BCUT2D eigenvalue weighted by Gasteiger charge is -2.14. The minimum Gasteiger partial charge on any atom is -0.279 e. The molecule has 0 amide bonds. The third-order valence-electron chi connectivity index (χ3n) is 4.10. The normalized spacial score (nSPS) is 14.0. The number of aryl methyl sites for hydroxylation is 4. The molecule has 1 aliphatic carbocycles. The molecular formula is C17H19NO2S. The lowest BCUT2D eigenvalue weighted by Crippen LogP contribution is -2.15. The summed E-state index contributed by atoms with van der Waals surface area (Å²) in [5.41, 5.74) is 4.98. The zero-order valence-corrected chi connectivity index (χ0v) is 13.1. The molecule has 2 aromatic rings. The van der Waals surface area contributed by atoms with E-state index in [0.717, 1.165) is 30.4 Å². The highest BCUT2D eigenvalue weighted by Gasteiger charge is 2.19. The maximum Gasteiger partial charge on any atom is 0.261 e. The molecule has 0 atom stereocenters. The molecule has 1 aliphatic rings. The Labute approximate surface area is 126 Å². The quantitative estimate of drug-likeness (QED) is 0.941. The summed E-state index contributed by atoms with van der Waals surface area (Å²) in [4.78, 5) is 0.353. The van der Waals surface area contributed by atoms with Gasteiger partial charge >= 0.3 is 0 Å². The minimum absolute atomic E-state index is 0.353. The predicted molar refractivity (Wildman–Crippen MR) is 85.2 cm³/mol. The number of hydrogen-bond donors (Lipinski definition) is 1. The van der Waals surface area contributed by atoms with Crippen LogP contribution in [-0.4, -0.2) is 8.42 Å². The van der Waals surface area contributed by atoms with Crippen LogP contribution in [0.2, 0.25) is 0 Å². The highest BCUT2D eigenvalue weighted by atomic mass is 32.2. The van der Waals surface area contributed by atoms with E-state index in [1.54, 1.807) is 6.07 Å². The number of hydrogen-bond acceptors (Lipinski definition) is 2. The Morgan fingerprint density at radius 2 is 1.62 bits per heavy atom. The monoisotopic (exact) mass is 301 g/mol. The largest absolute Gasteiger partial charge is 0.279 e. The number of rotatable bonds is 3. The van der Waals surface area contributed by atoms with Crippen LogP contribution < -0.4 is 4.72 Å². The average molecular weight is 301 g/mol. The van der Waals surface area contributed by atoms with Crippen molar-refractivity contribution in [2.45, 2.75) is 38.0 Å². The summed E-state index contributed by atoms with van der Waals surface area (Å²) in [6.45, 7) is 3.82. The Morgan fingerprint density at radius 3 is 2.33 bits per heavy atom. The summed E-state index contributed by atoms with van der Waals surface area (Å²) in [5, 5.41) is 0. The highest BCUT2D eigenvalue weighted by molar-refractivity contribution is 7.92. The van der Waals surface area contributed by atoms with E-state index in [0.29, 0.717) is 10.6 Å². The van der Waals surface area contributed by atoms with Gasteiger partial charge in [0.15, 0.2) is 0 Å². The number of para-hydroxylation sites is 1. The number of fused-ring (bicyclic) bond motifs is 1. The molecule has 0 unspecified atom stereocenters. The van der Waals surface area contributed by atoms with E-state index in [2.05, 4.69) is 4.72 Å². The van der Waals surface area contributed by atoms with Crippen LogP contribution in [0.25, 0.3) is 0 Å². The van der Waals surface area contributed by atoms with Gasteiger partial charge in [-0.05, 0) is 67.5 Å². The predicted octanol–water partition coefficient (Wildman–Crippen LogP) is 3.59. The fourth-order valence-electron chi connectivity index (χ4n) is 2.88. The Morgan fingerprint density at radius 1 is 0.952 bits per heavy atom. The van der Waals surface area contributed by atoms with E-state index < -0.39 is 10.0 Å². The molecule has 2 aromatic carbocycles. The molecule has 3 nitrogen and oxygen atoms in total. The lowest BCUT2D eigenvalue weighted by molar-refractivity contribution is 0.601. The molecule has 0 aliphatic heterocycles. The third-order valence-corrected chi connectivity index (χ3v) is 5.45. The van der Waals surface area contributed by atoms with Gasteiger partial charge in [-0.1, -0.05) is 24.3 Å². The molecule has 0 radical (unpaired) electrons. The molecule has 3 rings (SSSR count). The Bertz CT molecular complexity index is 774. The number of nitrogens with one attached hydrogen (secondary N) is 1. The molecule has 0 spiro atoms. The first-order valence-electron chi connectivity index (χ1n) is 7.18. The standard InChI is InChI=1S/C17H19NO2S/c1-12-5-3-6-13(2)17(12)18-21(19,20)16-10-9-14-7-4-8-15(14)11-16/h3,5-6,9-11,18H,4,7-8H2,1-2H3. The maximum absolute atomic E-state index is 12.6. The number of anilines is 1. The van der Waals surface area contributed by atoms with Crippen LogP contribution >= 0.6 is 0 Å². The van der Waals surface area contributed by atoms with Gasteiger partial charge in [0.2, 0.25) is 0 Å². The van der Waals surface area contributed by atoms with E-state index in [9.17, 15) is 8.42 Å². The van der Waals surface area contributed by atoms with E-state index in [-0.39, 0.29) is 0 Å². The van der Waals surface area contributed by atoms with Crippen molar-refractivity contribution in [1.29, 1.82) is 0 Å². The first-order chi connectivity index (χ1) is 9.97. The van der Waals surface area contributed by atoms with Crippen molar-refractivity contribution < 1.29 is 8.42 Å². The first kappa shape index (κ1) is 14.1. The summed E-state index contributed by atoms with van der Waals surface area (Å²) in [5.74, 6) is 0. The Hall–Kier alpha value is -1.81. The van der Waals surface area contributed by atoms with Crippen molar-refractivity contribution in [3.05, 3.63) is 58.7 Å². The average Bonchev–Trinajstić information content (AvgIpc) is 2.90. The van der Waals surface area contributed by atoms with Gasteiger partial charge < -0.3 is 0 Å². The molecule has 0 aromatic heterocycles. The van der Waals surface area contributed by atoms with Crippen LogP contribution in [-0.2, 0) is 22.9 Å². The summed E-state index contributed by atoms with van der Waals surface area (Å²) in [6.07, 6.45) is 3.14. The first-order valence-corrected chi connectivity index (χ1v) is 8.66. The highest BCUT2D eigenvalue weighted by Crippen LogP contribution is 2.27. The van der Waals surface area contributed by atoms with Crippen molar-refractivity contribution in [2.75, 3.05) is 4.72 Å². The van der Waals surface area contributed by atoms with Gasteiger partial charge in [0.25, 0.3) is 10.0 Å². The molecular weight excluding hydrogens is 282 g/mol. The summed E-state index contributed by atoms with van der Waals surface area (Å²) < 4.78 is 27.9. The number of benzene rings is 2. The summed E-state index contributed by atoms with van der Waals surface area (Å²) in [6, 6.07) is 11.2. The van der Waals surface area contributed by atoms with E-state index in [4.69, 9.17) is 0 Å². The molecule has 0 fully saturated rings. The van der Waals surface area contributed by atoms with Crippen molar-refractivity contribution in [3.8, 4) is 0 Å². The molecule has 110 valence electrons.